The molecule has 1 atom stereocenters. The molecule has 24 heavy (non-hydrogen) atoms. The first-order valence-electron chi connectivity index (χ1n) is 7.92. The molecule has 1 saturated heterocycles. The number of aromatic amines is 1. The molecule has 122 valence electrons. The molecule has 1 aliphatic rings. The van der Waals surface area contributed by atoms with Gasteiger partial charge in [-0.15, -0.1) is 5.10 Å². The van der Waals surface area contributed by atoms with Crippen molar-refractivity contribution in [1.29, 1.82) is 0 Å². The van der Waals surface area contributed by atoms with Gasteiger partial charge in [0, 0.05) is 23.9 Å². The minimum absolute atomic E-state index is 0.0407. The third kappa shape index (κ3) is 2.78. The number of nitrogens with zero attached hydrogens (tertiary/aromatic N) is 6. The number of nitrogens with one attached hydrogen (secondary N) is 1. The van der Waals surface area contributed by atoms with Gasteiger partial charge in [-0.3, -0.25) is 14.6 Å². The van der Waals surface area contributed by atoms with Gasteiger partial charge < -0.3 is 4.90 Å². The second-order valence-electron chi connectivity index (χ2n) is 5.83. The first kappa shape index (κ1) is 14.6. The SMILES string of the molecule is O=C(c1cccc(-c2ncn[nH]2)c1)N1CCC[C@H]1Cn1ccnn1. The van der Waals surface area contributed by atoms with E-state index >= 15 is 0 Å². The zero-order chi connectivity index (χ0) is 16.4. The van der Waals surface area contributed by atoms with Gasteiger partial charge in [0.1, 0.15) is 6.33 Å². The summed E-state index contributed by atoms with van der Waals surface area (Å²) in [6.07, 6.45) is 6.92. The minimum Gasteiger partial charge on any atom is -0.334 e. The summed E-state index contributed by atoms with van der Waals surface area (Å²) in [5, 5.41) is 14.5. The number of H-pyrrole nitrogens is 1. The number of carbonyl (C=O) groups is 1. The van der Waals surface area contributed by atoms with Gasteiger partial charge >= 0.3 is 0 Å². The third-order valence-electron chi connectivity index (χ3n) is 4.31. The third-order valence-corrected chi connectivity index (χ3v) is 4.31. The zero-order valence-corrected chi connectivity index (χ0v) is 13.0. The number of carbonyl (C=O) groups excluding carboxylic acids is 1. The first-order chi connectivity index (χ1) is 11.8. The van der Waals surface area contributed by atoms with E-state index in [4.69, 9.17) is 0 Å². The number of benzene rings is 1. The van der Waals surface area contributed by atoms with Crippen LogP contribution in [0.5, 0.6) is 0 Å². The predicted octanol–water partition coefficient (Wildman–Crippen LogP) is 1.37. The molecule has 1 fully saturated rings. The maximum absolute atomic E-state index is 12.9. The van der Waals surface area contributed by atoms with Gasteiger partial charge in [0.15, 0.2) is 5.82 Å². The number of hydrogen-bond donors (Lipinski definition) is 1. The lowest BCUT2D eigenvalue weighted by Crippen LogP contribution is -2.38. The maximum atomic E-state index is 12.9. The summed E-state index contributed by atoms with van der Waals surface area (Å²) in [5.74, 6) is 0.698. The summed E-state index contributed by atoms with van der Waals surface area (Å²) >= 11 is 0. The quantitative estimate of drug-likeness (QED) is 0.783. The largest absolute Gasteiger partial charge is 0.334 e. The Kier molecular flexibility index (Phi) is 3.78. The molecule has 8 heteroatoms. The van der Waals surface area contributed by atoms with Crippen molar-refractivity contribution in [2.75, 3.05) is 6.54 Å². The highest BCUT2D eigenvalue weighted by molar-refractivity contribution is 5.95. The zero-order valence-electron chi connectivity index (χ0n) is 13.0. The average Bonchev–Trinajstić information content (AvgIpc) is 3.37. The fourth-order valence-electron chi connectivity index (χ4n) is 3.15. The van der Waals surface area contributed by atoms with Crippen LogP contribution in [0.4, 0.5) is 0 Å². The molecule has 0 radical (unpaired) electrons. The van der Waals surface area contributed by atoms with Crippen LogP contribution < -0.4 is 0 Å². The van der Waals surface area contributed by atoms with Crippen LogP contribution in [0.3, 0.4) is 0 Å². The lowest BCUT2D eigenvalue weighted by Gasteiger charge is -2.24. The number of amides is 1. The Hall–Kier alpha value is -3.03. The first-order valence-corrected chi connectivity index (χ1v) is 7.92. The van der Waals surface area contributed by atoms with E-state index in [0.717, 1.165) is 24.9 Å². The highest BCUT2D eigenvalue weighted by Crippen LogP contribution is 2.23. The van der Waals surface area contributed by atoms with Crippen LogP contribution in [0.15, 0.2) is 43.0 Å². The van der Waals surface area contributed by atoms with Crippen molar-refractivity contribution in [3.8, 4) is 11.4 Å². The summed E-state index contributed by atoms with van der Waals surface area (Å²) in [4.78, 5) is 19.0. The minimum atomic E-state index is 0.0407. The molecular formula is C16H17N7O. The molecule has 1 aliphatic heterocycles. The molecule has 0 saturated carbocycles. The van der Waals surface area contributed by atoms with Crippen molar-refractivity contribution in [3.05, 3.63) is 48.5 Å². The van der Waals surface area contributed by atoms with Crippen LogP contribution in [0.2, 0.25) is 0 Å². The topological polar surface area (TPSA) is 92.6 Å². The fraction of sp³-hybridized carbons (Fsp3) is 0.312. The van der Waals surface area contributed by atoms with E-state index in [0.29, 0.717) is 17.9 Å². The normalized spacial score (nSPS) is 17.3. The second kappa shape index (κ2) is 6.23. The molecule has 8 nitrogen and oxygen atoms in total. The molecule has 0 spiro atoms. The van der Waals surface area contributed by atoms with E-state index in [-0.39, 0.29) is 11.9 Å². The monoisotopic (exact) mass is 323 g/mol. The van der Waals surface area contributed by atoms with E-state index in [1.165, 1.54) is 6.33 Å². The summed E-state index contributed by atoms with van der Waals surface area (Å²) in [5.41, 5.74) is 1.51. The molecule has 1 N–H and O–H groups in total. The van der Waals surface area contributed by atoms with Gasteiger partial charge in [-0.05, 0) is 25.0 Å². The van der Waals surface area contributed by atoms with Crippen LogP contribution >= 0.6 is 0 Å². The highest BCUT2D eigenvalue weighted by Gasteiger charge is 2.30. The van der Waals surface area contributed by atoms with Crippen molar-refractivity contribution in [3.63, 3.8) is 0 Å². The Morgan fingerprint density at radius 1 is 1.38 bits per heavy atom. The average molecular weight is 323 g/mol. The number of likely N-dealkylation sites (tertiary alicyclic amines) is 1. The molecule has 4 rings (SSSR count). The van der Waals surface area contributed by atoms with Crippen LogP contribution in [0, 0.1) is 0 Å². The van der Waals surface area contributed by atoms with Crippen molar-refractivity contribution in [2.24, 2.45) is 0 Å². The van der Waals surface area contributed by atoms with Crippen LogP contribution in [-0.2, 0) is 6.54 Å². The van der Waals surface area contributed by atoms with Gasteiger partial charge in [0.2, 0.25) is 0 Å². The summed E-state index contributed by atoms with van der Waals surface area (Å²) in [6.45, 7) is 1.44. The Labute approximate surface area is 138 Å². The number of aromatic nitrogens is 6. The van der Waals surface area contributed by atoms with E-state index in [1.54, 1.807) is 10.9 Å². The van der Waals surface area contributed by atoms with E-state index in [2.05, 4.69) is 25.5 Å². The maximum Gasteiger partial charge on any atom is 0.254 e. The smallest absolute Gasteiger partial charge is 0.254 e. The molecule has 2 aromatic heterocycles. The summed E-state index contributed by atoms with van der Waals surface area (Å²) < 4.78 is 1.78. The molecule has 1 aromatic carbocycles. The van der Waals surface area contributed by atoms with Crippen LogP contribution in [0.1, 0.15) is 23.2 Å². The van der Waals surface area contributed by atoms with Gasteiger partial charge in [-0.25, -0.2) is 4.98 Å². The van der Waals surface area contributed by atoms with Crippen LogP contribution in [0.25, 0.3) is 11.4 Å². The molecule has 0 unspecified atom stereocenters. The van der Waals surface area contributed by atoms with Gasteiger partial charge in [0.25, 0.3) is 5.91 Å². The van der Waals surface area contributed by atoms with Gasteiger partial charge in [0.05, 0.1) is 18.8 Å². The molecule has 3 aromatic rings. The van der Waals surface area contributed by atoms with E-state index in [9.17, 15) is 4.79 Å². The second-order valence-corrected chi connectivity index (χ2v) is 5.83. The molecule has 3 heterocycles. The predicted molar refractivity (Wildman–Crippen MR) is 85.9 cm³/mol. The number of hydrogen-bond acceptors (Lipinski definition) is 5. The highest BCUT2D eigenvalue weighted by atomic mass is 16.2. The Morgan fingerprint density at radius 3 is 3.12 bits per heavy atom. The Bertz CT molecular complexity index is 813. The molecular weight excluding hydrogens is 306 g/mol. The van der Waals surface area contributed by atoms with E-state index < -0.39 is 0 Å². The van der Waals surface area contributed by atoms with Crippen molar-refractivity contribution in [2.45, 2.75) is 25.4 Å². The summed E-state index contributed by atoms with van der Waals surface area (Å²) in [6, 6.07) is 7.62. The van der Waals surface area contributed by atoms with Gasteiger partial charge in [-0.1, -0.05) is 17.3 Å². The molecule has 1 amide bonds. The van der Waals surface area contributed by atoms with E-state index in [1.807, 2.05) is 35.4 Å². The fourth-order valence-corrected chi connectivity index (χ4v) is 3.15. The Morgan fingerprint density at radius 2 is 2.33 bits per heavy atom. The lowest BCUT2D eigenvalue weighted by atomic mass is 10.1. The standard InChI is InChI=1S/C16H17N7O/c24-16(13-4-1-3-12(9-13)15-17-11-19-20-15)23-7-2-5-14(23)10-22-8-6-18-21-22/h1,3-4,6,8-9,11,14H,2,5,7,10H2,(H,17,19,20)/t14-/m0/s1. The molecule has 0 bridgehead atoms. The van der Waals surface area contributed by atoms with Gasteiger partial charge in [-0.2, -0.15) is 5.10 Å². The molecule has 0 aliphatic carbocycles. The number of rotatable bonds is 4. The Balaban J connectivity index is 1.55. The van der Waals surface area contributed by atoms with Crippen molar-refractivity contribution < 1.29 is 4.79 Å². The van der Waals surface area contributed by atoms with Crippen molar-refractivity contribution >= 4 is 5.91 Å². The van der Waals surface area contributed by atoms with Crippen molar-refractivity contribution in [1.82, 2.24) is 35.1 Å². The van der Waals surface area contributed by atoms with Crippen LogP contribution in [-0.4, -0.2) is 53.6 Å². The lowest BCUT2D eigenvalue weighted by molar-refractivity contribution is 0.0721. The summed E-state index contributed by atoms with van der Waals surface area (Å²) in [7, 11) is 0.